The monoisotopic (exact) mass is 253 g/mol. The van der Waals surface area contributed by atoms with Gasteiger partial charge < -0.3 is 5.73 Å². The zero-order valence-electron chi connectivity index (χ0n) is 7.87. The molecule has 1 aliphatic heterocycles. The van der Waals surface area contributed by atoms with Gasteiger partial charge in [-0.3, -0.25) is 9.80 Å². The van der Waals surface area contributed by atoms with E-state index in [1.54, 1.807) is 0 Å². The Bertz CT molecular complexity index is 391. The first-order chi connectivity index (χ1) is 6.84. The summed E-state index contributed by atoms with van der Waals surface area (Å²) < 4.78 is 20.9. The fourth-order valence-corrected chi connectivity index (χ4v) is 2.68. The second-order valence-corrected chi connectivity index (χ2v) is 5.74. The summed E-state index contributed by atoms with van der Waals surface area (Å²) in [4.78, 5) is 14.5. The maximum absolute atomic E-state index is 11.0. The molecule has 0 spiro atoms. The molecule has 5 N–H and O–H groups in total. The van der Waals surface area contributed by atoms with Gasteiger partial charge in [-0.05, 0) is 11.8 Å². The van der Waals surface area contributed by atoms with Gasteiger partial charge in [0.25, 0.3) is 5.91 Å². The lowest BCUT2D eigenvalue weighted by Crippen LogP contribution is -2.40. The highest BCUT2D eigenvalue weighted by Gasteiger charge is 2.34. The van der Waals surface area contributed by atoms with Gasteiger partial charge in [-0.2, -0.15) is 4.99 Å². The van der Waals surface area contributed by atoms with Crippen molar-refractivity contribution in [1.29, 1.82) is 0 Å². The molecule has 1 aliphatic rings. The van der Waals surface area contributed by atoms with Crippen LogP contribution in [0.3, 0.4) is 0 Å². The second kappa shape index (κ2) is 4.45. The van der Waals surface area contributed by atoms with Crippen LogP contribution < -0.4 is 16.3 Å². The van der Waals surface area contributed by atoms with Crippen molar-refractivity contribution in [3.05, 3.63) is 0 Å². The molecule has 0 saturated carbocycles. The number of nitrogens with zero attached hydrogens (tertiary/aromatic N) is 2. The zero-order valence-corrected chi connectivity index (χ0v) is 9.51. The number of nitrogens with one attached hydrogen (secondary N) is 1. The first-order valence-corrected chi connectivity index (χ1v) is 6.33. The Morgan fingerprint density at radius 3 is 2.73 bits per heavy atom. The molecule has 0 aromatic rings. The van der Waals surface area contributed by atoms with Crippen LogP contribution in [0, 0.1) is 0 Å². The molecule has 1 heterocycles. The van der Waals surface area contributed by atoms with Gasteiger partial charge in [-0.1, -0.05) is 0 Å². The van der Waals surface area contributed by atoms with Gasteiger partial charge in [0, 0.05) is 7.05 Å². The summed E-state index contributed by atoms with van der Waals surface area (Å²) >= 11 is 0.845. The standard InChI is InChI=1S/C5H11N5O3S2/c1-10-4(8-3(11)2-6)14-5(9-10)15(7,12)13/h5,9H,2,6H2,1H3,(H2,7,12,13). The molecular formula is C5H11N5O3S2. The van der Waals surface area contributed by atoms with Crippen molar-refractivity contribution in [3.8, 4) is 0 Å². The van der Waals surface area contributed by atoms with Crippen LogP contribution in [0.4, 0.5) is 0 Å². The summed E-state index contributed by atoms with van der Waals surface area (Å²) in [5.41, 5.74) is 7.60. The van der Waals surface area contributed by atoms with Crippen molar-refractivity contribution >= 4 is 32.9 Å². The Morgan fingerprint density at radius 2 is 2.33 bits per heavy atom. The van der Waals surface area contributed by atoms with Crippen LogP contribution in [0.25, 0.3) is 0 Å². The van der Waals surface area contributed by atoms with Gasteiger partial charge in [0.2, 0.25) is 10.0 Å². The van der Waals surface area contributed by atoms with Crippen molar-refractivity contribution < 1.29 is 13.2 Å². The lowest BCUT2D eigenvalue weighted by atomic mass is 10.6. The fraction of sp³-hybridized carbons (Fsp3) is 0.600. The number of primary sulfonamides is 1. The van der Waals surface area contributed by atoms with Gasteiger partial charge in [0.05, 0.1) is 6.54 Å². The van der Waals surface area contributed by atoms with Crippen LogP contribution in [0.1, 0.15) is 0 Å². The molecule has 1 saturated heterocycles. The Balaban J connectivity index is 2.82. The first-order valence-electron chi connectivity index (χ1n) is 3.84. The summed E-state index contributed by atoms with van der Waals surface area (Å²) in [5, 5.41) is 6.47. The highest BCUT2D eigenvalue weighted by molar-refractivity contribution is 8.22. The number of amides is 1. The highest BCUT2D eigenvalue weighted by atomic mass is 32.3. The molecular weight excluding hydrogens is 242 g/mol. The molecule has 1 rings (SSSR count). The molecule has 0 aliphatic carbocycles. The minimum Gasteiger partial charge on any atom is -0.322 e. The average molecular weight is 253 g/mol. The quantitative estimate of drug-likeness (QED) is 0.499. The van der Waals surface area contributed by atoms with Crippen LogP contribution in [-0.4, -0.2) is 42.8 Å². The van der Waals surface area contributed by atoms with Crippen LogP contribution in [0.15, 0.2) is 4.99 Å². The van der Waals surface area contributed by atoms with E-state index in [1.165, 1.54) is 12.1 Å². The fourth-order valence-electron chi connectivity index (χ4n) is 0.809. The van der Waals surface area contributed by atoms with Crippen molar-refractivity contribution in [3.63, 3.8) is 0 Å². The van der Waals surface area contributed by atoms with E-state index in [0.717, 1.165) is 11.8 Å². The lowest BCUT2D eigenvalue weighted by molar-refractivity contribution is -0.116. The molecule has 0 aromatic carbocycles. The average Bonchev–Trinajstić information content (AvgIpc) is 2.47. The predicted octanol–water partition coefficient (Wildman–Crippen LogP) is -2.42. The number of hydrazine groups is 1. The van der Waals surface area contributed by atoms with E-state index in [9.17, 15) is 13.2 Å². The number of sulfonamides is 1. The summed E-state index contributed by atoms with van der Waals surface area (Å²) in [6.45, 7) is -0.224. The molecule has 15 heavy (non-hydrogen) atoms. The molecule has 1 amide bonds. The maximum Gasteiger partial charge on any atom is 0.261 e. The Labute approximate surface area is 91.1 Å². The molecule has 0 aromatic heterocycles. The Hall–Kier alpha value is -0.680. The number of aliphatic imine (C=N–C) groups is 1. The molecule has 1 atom stereocenters. The summed E-state index contributed by atoms with van der Waals surface area (Å²) in [6.07, 6.45) is 0. The van der Waals surface area contributed by atoms with Crippen LogP contribution in [0.2, 0.25) is 0 Å². The normalized spacial score (nSPS) is 24.9. The SMILES string of the molecule is CN1NC(S(N)(=O)=O)SC1=NC(=O)CN. The zero-order chi connectivity index (χ0) is 11.6. The third-order valence-electron chi connectivity index (χ3n) is 1.49. The van der Waals surface area contributed by atoms with Gasteiger partial charge in [0.1, 0.15) is 0 Å². The first kappa shape index (κ1) is 12.4. The van der Waals surface area contributed by atoms with Crippen molar-refractivity contribution in [2.24, 2.45) is 15.9 Å². The third-order valence-corrected chi connectivity index (χ3v) is 4.18. The van der Waals surface area contributed by atoms with E-state index in [0.29, 0.717) is 0 Å². The molecule has 86 valence electrons. The molecule has 1 fully saturated rings. The summed E-state index contributed by atoms with van der Waals surface area (Å²) in [5.74, 6) is -0.527. The minimum absolute atomic E-state index is 0.224. The number of hydrogen-bond donors (Lipinski definition) is 3. The van der Waals surface area contributed by atoms with E-state index < -0.39 is 20.6 Å². The molecule has 0 bridgehead atoms. The smallest absolute Gasteiger partial charge is 0.261 e. The number of amidine groups is 1. The topological polar surface area (TPSA) is 131 Å². The van der Waals surface area contributed by atoms with Gasteiger partial charge in [-0.25, -0.2) is 19.0 Å². The number of carbonyl (C=O) groups excluding carboxylic acids is 1. The van der Waals surface area contributed by atoms with Crippen molar-refractivity contribution in [2.45, 2.75) is 4.71 Å². The van der Waals surface area contributed by atoms with Gasteiger partial charge >= 0.3 is 0 Å². The number of carbonyl (C=O) groups is 1. The van der Waals surface area contributed by atoms with E-state index in [2.05, 4.69) is 10.4 Å². The van der Waals surface area contributed by atoms with E-state index in [-0.39, 0.29) is 11.7 Å². The van der Waals surface area contributed by atoms with Crippen LogP contribution in [0.5, 0.6) is 0 Å². The number of hydrogen-bond acceptors (Lipinski definition) is 6. The lowest BCUT2D eigenvalue weighted by Gasteiger charge is -2.10. The van der Waals surface area contributed by atoms with E-state index in [1.807, 2.05) is 0 Å². The van der Waals surface area contributed by atoms with Crippen molar-refractivity contribution in [2.75, 3.05) is 13.6 Å². The van der Waals surface area contributed by atoms with Crippen LogP contribution >= 0.6 is 11.8 Å². The maximum atomic E-state index is 11.0. The highest BCUT2D eigenvalue weighted by Crippen LogP contribution is 2.22. The molecule has 8 nitrogen and oxygen atoms in total. The predicted molar refractivity (Wildman–Crippen MR) is 56.9 cm³/mol. The number of rotatable bonds is 2. The molecule has 0 radical (unpaired) electrons. The number of thioether (sulfide) groups is 1. The third kappa shape index (κ3) is 3.14. The Kier molecular flexibility index (Phi) is 3.67. The second-order valence-electron chi connectivity index (χ2n) is 2.72. The van der Waals surface area contributed by atoms with Crippen molar-refractivity contribution in [1.82, 2.24) is 10.4 Å². The van der Waals surface area contributed by atoms with Gasteiger partial charge in [-0.15, -0.1) is 0 Å². The summed E-state index contributed by atoms with van der Waals surface area (Å²) in [6, 6.07) is 0. The number of nitrogens with two attached hydrogens (primary N) is 2. The summed E-state index contributed by atoms with van der Waals surface area (Å²) in [7, 11) is -2.20. The Morgan fingerprint density at radius 1 is 1.73 bits per heavy atom. The van der Waals surface area contributed by atoms with Crippen LogP contribution in [-0.2, 0) is 14.8 Å². The minimum atomic E-state index is -3.72. The van der Waals surface area contributed by atoms with E-state index in [4.69, 9.17) is 10.9 Å². The van der Waals surface area contributed by atoms with Gasteiger partial charge in [0.15, 0.2) is 9.87 Å². The molecule has 10 heteroatoms. The largest absolute Gasteiger partial charge is 0.322 e. The van der Waals surface area contributed by atoms with E-state index >= 15 is 0 Å². The molecule has 1 unspecified atom stereocenters.